The zero-order valence-electron chi connectivity index (χ0n) is 10.8. The van der Waals surface area contributed by atoms with Crippen molar-refractivity contribution in [2.75, 3.05) is 5.08 Å². The second kappa shape index (κ2) is 6.15. The Morgan fingerprint density at radius 1 is 1.37 bits per heavy atom. The number of rotatable bonds is 5. The normalized spacial score (nSPS) is 13.5. The highest BCUT2D eigenvalue weighted by molar-refractivity contribution is 8.05. The van der Waals surface area contributed by atoms with Crippen molar-refractivity contribution in [2.45, 2.75) is 30.9 Å². The molecule has 1 unspecified atom stereocenters. The van der Waals surface area contributed by atoms with Gasteiger partial charge in [0, 0.05) is 21.6 Å². The van der Waals surface area contributed by atoms with Crippen LogP contribution in [0.25, 0.3) is 0 Å². The predicted octanol–water partition coefficient (Wildman–Crippen LogP) is 2.26. The summed E-state index contributed by atoms with van der Waals surface area (Å²) in [5.41, 5.74) is 0.752. The van der Waals surface area contributed by atoms with Gasteiger partial charge in [-0.3, -0.25) is 9.00 Å². The van der Waals surface area contributed by atoms with Crippen molar-refractivity contribution < 1.29 is 17.4 Å². The molecule has 0 N–H and O–H groups in total. The Labute approximate surface area is 120 Å². The van der Waals surface area contributed by atoms with Crippen LogP contribution >= 0.6 is 11.6 Å². The van der Waals surface area contributed by atoms with E-state index in [1.807, 2.05) is 0 Å². The second-order valence-electron chi connectivity index (χ2n) is 4.41. The highest BCUT2D eigenvalue weighted by atomic mass is 35.5. The molecule has 0 aromatic heterocycles. The van der Waals surface area contributed by atoms with Gasteiger partial charge < -0.3 is 0 Å². The van der Waals surface area contributed by atoms with Gasteiger partial charge in [-0.05, 0) is 42.3 Å². The maximum atomic E-state index is 12.1. The van der Waals surface area contributed by atoms with Crippen molar-refractivity contribution in [3.8, 4) is 0 Å². The van der Waals surface area contributed by atoms with Crippen LogP contribution in [0.15, 0.2) is 23.1 Å². The van der Waals surface area contributed by atoms with E-state index in [4.69, 9.17) is 11.6 Å². The molecule has 106 valence electrons. The topological polar surface area (TPSA) is 68.3 Å². The average Bonchev–Trinajstić information content (AvgIpc) is 2.27. The van der Waals surface area contributed by atoms with Crippen LogP contribution in [0.3, 0.4) is 0 Å². The van der Waals surface area contributed by atoms with Crippen LogP contribution in [0.5, 0.6) is 0 Å². The van der Waals surface area contributed by atoms with E-state index in [1.54, 1.807) is 20.8 Å². The van der Waals surface area contributed by atoms with Gasteiger partial charge in [-0.15, -0.1) is 0 Å². The smallest absolute Gasteiger partial charge is 0.252 e. The maximum Gasteiger partial charge on any atom is 0.252 e. The number of aryl methyl sites for hydroxylation is 1. The van der Waals surface area contributed by atoms with Crippen LogP contribution in [0.2, 0.25) is 0 Å². The van der Waals surface area contributed by atoms with Crippen molar-refractivity contribution in [3.05, 3.63) is 29.3 Å². The molecule has 0 heterocycles. The summed E-state index contributed by atoms with van der Waals surface area (Å²) in [6.07, 6.45) is 0. The molecule has 0 bridgehead atoms. The Morgan fingerprint density at radius 3 is 2.37 bits per heavy atom. The molecule has 0 aliphatic heterocycles. The Morgan fingerprint density at radius 2 is 1.95 bits per heavy atom. The quantitative estimate of drug-likeness (QED) is 0.780. The highest BCUT2D eigenvalue weighted by Gasteiger charge is 2.21. The van der Waals surface area contributed by atoms with Crippen LogP contribution in [-0.2, 0) is 20.6 Å². The third-order valence-corrected chi connectivity index (χ3v) is 6.96. The van der Waals surface area contributed by atoms with E-state index < -0.39 is 31.0 Å². The molecule has 0 saturated carbocycles. The van der Waals surface area contributed by atoms with Crippen LogP contribution in [0.4, 0.5) is 0 Å². The molecular weight excluding hydrogens is 308 g/mol. The summed E-state index contributed by atoms with van der Waals surface area (Å²) < 4.78 is 35.8. The number of benzene rings is 1. The Bertz CT molecular complexity index is 621. The van der Waals surface area contributed by atoms with Crippen molar-refractivity contribution in [1.29, 1.82) is 0 Å². The molecule has 1 rings (SSSR count). The van der Waals surface area contributed by atoms with Gasteiger partial charge in [-0.2, -0.15) is 0 Å². The lowest BCUT2D eigenvalue weighted by atomic mass is 10.1. The predicted molar refractivity (Wildman–Crippen MR) is 76.7 cm³/mol. The summed E-state index contributed by atoms with van der Waals surface area (Å²) >= 11 is 5.36. The minimum absolute atomic E-state index is 0.0562. The molecule has 1 aromatic rings. The van der Waals surface area contributed by atoms with Crippen LogP contribution in [-0.4, -0.2) is 28.2 Å². The van der Waals surface area contributed by atoms with E-state index in [-0.39, 0.29) is 15.7 Å². The van der Waals surface area contributed by atoms with Crippen LogP contribution in [0.1, 0.15) is 29.8 Å². The highest BCUT2D eigenvalue weighted by Crippen LogP contribution is 2.19. The summed E-state index contributed by atoms with van der Waals surface area (Å²) in [6.45, 7) is 5.01. The second-order valence-corrected chi connectivity index (χ2v) is 9.10. The van der Waals surface area contributed by atoms with Gasteiger partial charge in [0.15, 0.2) is 9.84 Å². The average molecular weight is 323 g/mol. The molecule has 0 aliphatic rings. The van der Waals surface area contributed by atoms with E-state index in [9.17, 15) is 17.4 Å². The van der Waals surface area contributed by atoms with E-state index in [1.165, 1.54) is 18.2 Å². The summed E-state index contributed by atoms with van der Waals surface area (Å²) in [5, 5.41) is -1.27. The first-order valence-corrected chi connectivity index (χ1v) is 8.97. The first kappa shape index (κ1) is 16.3. The van der Waals surface area contributed by atoms with Gasteiger partial charge in [-0.25, -0.2) is 8.42 Å². The molecule has 0 fully saturated rings. The number of hydrogen-bond acceptors (Lipinski definition) is 4. The third-order valence-electron chi connectivity index (χ3n) is 2.57. The molecule has 1 aromatic carbocycles. The van der Waals surface area contributed by atoms with E-state index >= 15 is 0 Å². The molecule has 7 heteroatoms. The number of halogens is 1. The van der Waals surface area contributed by atoms with E-state index in [0.29, 0.717) is 5.56 Å². The molecule has 0 spiro atoms. The lowest BCUT2D eigenvalue weighted by Crippen LogP contribution is -2.18. The minimum Gasteiger partial charge on any atom is -0.276 e. The lowest BCUT2D eigenvalue weighted by Gasteiger charge is -2.09. The Balaban J connectivity index is 3.13. The Hall–Kier alpha value is -0.720. The van der Waals surface area contributed by atoms with Crippen molar-refractivity contribution in [3.63, 3.8) is 0 Å². The summed E-state index contributed by atoms with van der Waals surface area (Å²) in [6, 6.07) is 4.06. The fourth-order valence-corrected chi connectivity index (χ4v) is 5.11. The van der Waals surface area contributed by atoms with Crippen LogP contribution < -0.4 is 0 Å². The van der Waals surface area contributed by atoms with Gasteiger partial charge in [0.2, 0.25) is 0 Å². The zero-order valence-corrected chi connectivity index (χ0v) is 13.2. The molecule has 0 amide bonds. The molecule has 19 heavy (non-hydrogen) atoms. The zero-order chi connectivity index (χ0) is 14.8. The van der Waals surface area contributed by atoms with Gasteiger partial charge in [0.05, 0.1) is 4.90 Å². The fourth-order valence-electron chi connectivity index (χ4n) is 1.41. The van der Waals surface area contributed by atoms with E-state index in [0.717, 1.165) is 0 Å². The van der Waals surface area contributed by atoms with Gasteiger partial charge in [-0.1, -0.05) is 13.8 Å². The molecule has 1 atom stereocenters. The third kappa shape index (κ3) is 4.12. The number of sulfone groups is 1. The van der Waals surface area contributed by atoms with Crippen molar-refractivity contribution in [2.24, 2.45) is 0 Å². The SMILES string of the molecule is Cc1cc(S(=O)(=O)CS(=O)C(C)C)ccc1C(=O)Cl. The Kier molecular flexibility index (Phi) is 5.29. The van der Waals surface area contributed by atoms with Crippen LogP contribution in [0, 0.1) is 6.92 Å². The summed E-state index contributed by atoms with van der Waals surface area (Å²) in [7, 11) is -5.07. The first-order chi connectivity index (χ1) is 8.65. The first-order valence-electron chi connectivity index (χ1n) is 5.55. The minimum atomic E-state index is -3.62. The molecule has 4 nitrogen and oxygen atoms in total. The van der Waals surface area contributed by atoms with Gasteiger partial charge in [0.25, 0.3) is 5.24 Å². The monoisotopic (exact) mass is 322 g/mol. The number of hydrogen-bond donors (Lipinski definition) is 0. The van der Waals surface area contributed by atoms with E-state index in [2.05, 4.69) is 0 Å². The summed E-state index contributed by atoms with van der Waals surface area (Å²) in [5.74, 6) is 0. The van der Waals surface area contributed by atoms with Crippen molar-refractivity contribution in [1.82, 2.24) is 0 Å². The molecular formula is C12H15ClO4S2. The van der Waals surface area contributed by atoms with Gasteiger partial charge in [0.1, 0.15) is 5.08 Å². The molecule has 0 saturated heterocycles. The lowest BCUT2D eigenvalue weighted by molar-refractivity contribution is 0.108. The fraction of sp³-hybridized carbons (Fsp3) is 0.417. The number of carbonyl (C=O) groups is 1. The maximum absolute atomic E-state index is 12.1. The summed E-state index contributed by atoms with van der Waals surface area (Å²) in [4.78, 5) is 11.1. The largest absolute Gasteiger partial charge is 0.276 e. The number of carbonyl (C=O) groups excluding carboxylic acids is 1. The standard InChI is InChI=1S/C12H15ClO4S2/c1-8(2)18(15)7-19(16,17)10-4-5-11(12(13)14)9(3)6-10/h4-6,8H,7H2,1-3H3. The molecule has 0 aliphatic carbocycles. The van der Waals surface area contributed by atoms with Crippen molar-refractivity contribution >= 4 is 37.5 Å². The van der Waals surface area contributed by atoms with Gasteiger partial charge >= 0.3 is 0 Å². The molecule has 0 radical (unpaired) electrons.